The zero-order valence-electron chi connectivity index (χ0n) is 17.8. The number of rotatable bonds is 5. The summed E-state index contributed by atoms with van der Waals surface area (Å²) in [6.45, 7) is 5.05. The molecule has 2 aromatic rings. The van der Waals surface area contributed by atoms with E-state index >= 15 is 0 Å². The lowest BCUT2D eigenvalue weighted by molar-refractivity contribution is -0.134. The summed E-state index contributed by atoms with van der Waals surface area (Å²) in [6, 6.07) is 7.62. The third kappa shape index (κ3) is 5.84. The molecule has 166 valence electrons. The van der Waals surface area contributed by atoms with Crippen LogP contribution in [0.25, 0.3) is 10.6 Å². The fraction of sp³-hybridized carbons (Fsp3) is 0.522. The molecule has 6 nitrogen and oxygen atoms in total. The fourth-order valence-corrected chi connectivity index (χ4v) is 5.32. The second-order valence-corrected chi connectivity index (χ2v) is 9.52. The zero-order chi connectivity index (χ0) is 21.6. The number of likely N-dealkylation sites (tertiary alicyclic amines) is 1. The Morgan fingerprint density at radius 1 is 0.903 bits per heavy atom. The van der Waals surface area contributed by atoms with Crippen molar-refractivity contribution in [1.29, 1.82) is 0 Å². The summed E-state index contributed by atoms with van der Waals surface area (Å²) in [7, 11) is 0. The largest absolute Gasteiger partial charge is 0.342 e. The Labute approximate surface area is 192 Å². The number of aromatic nitrogens is 1. The molecule has 0 spiro atoms. The van der Waals surface area contributed by atoms with E-state index in [0.717, 1.165) is 55.3 Å². The lowest BCUT2D eigenvalue weighted by Gasteiger charge is -2.35. The normalized spacial score (nSPS) is 18.1. The van der Waals surface area contributed by atoms with Crippen molar-refractivity contribution in [2.24, 2.45) is 0 Å². The van der Waals surface area contributed by atoms with Gasteiger partial charge in [0.1, 0.15) is 5.01 Å². The Morgan fingerprint density at radius 3 is 2.29 bits per heavy atom. The standard InChI is InChI=1S/C23H29ClN4O2S/c24-20-8-4-3-7-19(20)23-25-18(17-31-23)15-21(29)28-13-11-26(12-14-28)16-22(30)27-9-5-1-2-6-10-27/h3-4,7-8,17H,1-2,5-6,9-16H2. The molecule has 0 aliphatic carbocycles. The molecule has 3 heterocycles. The van der Waals surface area contributed by atoms with Crippen molar-refractivity contribution in [2.75, 3.05) is 45.8 Å². The van der Waals surface area contributed by atoms with Gasteiger partial charge >= 0.3 is 0 Å². The number of carbonyl (C=O) groups excluding carboxylic acids is 2. The molecule has 2 saturated heterocycles. The smallest absolute Gasteiger partial charge is 0.236 e. The van der Waals surface area contributed by atoms with Gasteiger partial charge in [-0.25, -0.2) is 4.98 Å². The molecular weight excluding hydrogens is 432 g/mol. The van der Waals surface area contributed by atoms with Crippen LogP contribution in [0.1, 0.15) is 31.4 Å². The van der Waals surface area contributed by atoms with Crippen molar-refractivity contribution in [3.8, 4) is 10.6 Å². The third-order valence-corrected chi connectivity index (χ3v) is 7.28. The molecule has 2 aliphatic rings. The number of nitrogens with zero attached hydrogens (tertiary/aromatic N) is 4. The van der Waals surface area contributed by atoms with Crippen LogP contribution in [-0.4, -0.2) is 77.3 Å². The number of benzene rings is 1. The molecule has 1 aromatic heterocycles. The van der Waals surface area contributed by atoms with Gasteiger partial charge in [0.05, 0.1) is 23.7 Å². The highest BCUT2D eigenvalue weighted by Gasteiger charge is 2.25. The van der Waals surface area contributed by atoms with Gasteiger partial charge in [-0.05, 0) is 18.9 Å². The number of hydrogen-bond donors (Lipinski definition) is 0. The first-order valence-corrected chi connectivity index (χ1v) is 12.3. The van der Waals surface area contributed by atoms with Gasteiger partial charge in [-0.2, -0.15) is 0 Å². The van der Waals surface area contributed by atoms with Crippen molar-refractivity contribution < 1.29 is 9.59 Å². The first-order chi connectivity index (χ1) is 15.1. The van der Waals surface area contributed by atoms with Gasteiger partial charge in [0.2, 0.25) is 11.8 Å². The Balaban J connectivity index is 1.25. The van der Waals surface area contributed by atoms with Crippen LogP contribution in [-0.2, 0) is 16.0 Å². The average Bonchev–Trinajstić information content (AvgIpc) is 3.05. The molecule has 0 N–H and O–H groups in total. The molecular formula is C23H29ClN4O2S. The molecule has 4 rings (SSSR count). The third-order valence-electron chi connectivity index (χ3n) is 6.03. The average molecular weight is 461 g/mol. The SMILES string of the molecule is O=C(Cc1csc(-c2ccccc2Cl)n1)N1CCN(CC(=O)N2CCCCCC2)CC1. The summed E-state index contributed by atoms with van der Waals surface area (Å²) < 4.78 is 0. The summed E-state index contributed by atoms with van der Waals surface area (Å²) in [4.78, 5) is 36.1. The van der Waals surface area contributed by atoms with Gasteiger partial charge in [-0.3, -0.25) is 14.5 Å². The maximum Gasteiger partial charge on any atom is 0.236 e. The molecule has 0 atom stereocenters. The van der Waals surface area contributed by atoms with E-state index in [1.165, 1.54) is 24.2 Å². The van der Waals surface area contributed by atoms with Gasteiger partial charge in [0.15, 0.2) is 0 Å². The number of piperazine rings is 1. The van der Waals surface area contributed by atoms with Crippen LogP contribution in [0.5, 0.6) is 0 Å². The maximum absolute atomic E-state index is 12.8. The molecule has 2 aliphatic heterocycles. The van der Waals surface area contributed by atoms with Gasteiger partial charge in [0.25, 0.3) is 0 Å². The van der Waals surface area contributed by atoms with Gasteiger partial charge in [0, 0.05) is 50.2 Å². The summed E-state index contributed by atoms with van der Waals surface area (Å²) in [5.41, 5.74) is 1.68. The van der Waals surface area contributed by atoms with Crippen LogP contribution in [0.3, 0.4) is 0 Å². The Kier molecular flexibility index (Phi) is 7.58. The van der Waals surface area contributed by atoms with Gasteiger partial charge < -0.3 is 9.80 Å². The van der Waals surface area contributed by atoms with E-state index in [9.17, 15) is 9.59 Å². The molecule has 0 radical (unpaired) electrons. The minimum atomic E-state index is 0.0921. The molecule has 31 heavy (non-hydrogen) atoms. The highest BCUT2D eigenvalue weighted by molar-refractivity contribution is 7.13. The molecule has 1 aromatic carbocycles. The topological polar surface area (TPSA) is 56.8 Å². The van der Waals surface area contributed by atoms with Crippen molar-refractivity contribution in [3.05, 3.63) is 40.4 Å². The van der Waals surface area contributed by atoms with Crippen LogP contribution < -0.4 is 0 Å². The van der Waals surface area contributed by atoms with E-state index in [2.05, 4.69) is 9.88 Å². The van der Waals surface area contributed by atoms with Crippen molar-refractivity contribution >= 4 is 34.8 Å². The fourth-order valence-electron chi connectivity index (χ4n) is 4.18. The van der Waals surface area contributed by atoms with Crippen LogP contribution >= 0.6 is 22.9 Å². The van der Waals surface area contributed by atoms with Crippen molar-refractivity contribution in [1.82, 2.24) is 19.7 Å². The second kappa shape index (κ2) is 10.6. The second-order valence-electron chi connectivity index (χ2n) is 8.25. The quantitative estimate of drug-likeness (QED) is 0.684. The molecule has 0 bridgehead atoms. The first kappa shape index (κ1) is 22.2. The zero-order valence-corrected chi connectivity index (χ0v) is 19.3. The van der Waals surface area contributed by atoms with E-state index in [-0.39, 0.29) is 11.8 Å². The molecule has 2 amide bonds. The van der Waals surface area contributed by atoms with E-state index < -0.39 is 0 Å². The van der Waals surface area contributed by atoms with Crippen LogP contribution in [0.4, 0.5) is 0 Å². The maximum atomic E-state index is 12.8. The van der Waals surface area contributed by atoms with Gasteiger partial charge in [-0.15, -0.1) is 11.3 Å². The monoisotopic (exact) mass is 460 g/mol. The number of hydrogen-bond acceptors (Lipinski definition) is 5. The summed E-state index contributed by atoms with van der Waals surface area (Å²) >= 11 is 7.77. The van der Waals surface area contributed by atoms with Crippen LogP contribution in [0, 0.1) is 0 Å². The molecule has 8 heteroatoms. The predicted octanol–water partition coefficient (Wildman–Crippen LogP) is 3.55. The lowest BCUT2D eigenvalue weighted by atomic mass is 10.2. The van der Waals surface area contributed by atoms with E-state index in [4.69, 9.17) is 11.6 Å². The lowest BCUT2D eigenvalue weighted by Crippen LogP contribution is -2.52. The first-order valence-electron chi connectivity index (χ1n) is 11.1. The van der Waals surface area contributed by atoms with Crippen molar-refractivity contribution in [2.45, 2.75) is 32.1 Å². The van der Waals surface area contributed by atoms with E-state index in [1.807, 2.05) is 39.4 Å². The minimum Gasteiger partial charge on any atom is -0.342 e. The number of halogens is 1. The Morgan fingerprint density at radius 2 is 1.58 bits per heavy atom. The molecule has 0 unspecified atom stereocenters. The number of thiazole rings is 1. The summed E-state index contributed by atoms with van der Waals surface area (Å²) in [6.07, 6.45) is 4.98. The minimum absolute atomic E-state index is 0.0921. The summed E-state index contributed by atoms with van der Waals surface area (Å²) in [5, 5.41) is 3.44. The van der Waals surface area contributed by atoms with E-state index in [1.54, 1.807) is 0 Å². The number of carbonyl (C=O) groups is 2. The number of amides is 2. The molecule has 2 fully saturated rings. The van der Waals surface area contributed by atoms with Gasteiger partial charge in [-0.1, -0.05) is 42.6 Å². The van der Waals surface area contributed by atoms with E-state index in [0.29, 0.717) is 31.1 Å². The van der Waals surface area contributed by atoms with Crippen LogP contribution in [0.2, 0.25) is 5.02 Å². The highest BCUT2D eigenvalue weighted by atomic mass is 35.5. The predicted molar refractivity (Wildman–Crippen MR) is 124 cm³/mol. The Bertz CT molecular complexity index is 902. The Hall–Kier alpha value is -1.96. The summed E-state index contributed by atoms with van der Waals surface area (Å²) in [5.74, 6) is 0.325. The highest BCUT2D eigenvalue weighted by Crippen LogP contribution is 2.30. The van der Waals surface area contributed by atoms with Crippen LogP contribution in [0.15, 0.2) is 29.6 Å². The van der Waals surface area contributed by atoms with Crippen molar-refractivity contribution in [3.63, 3.8) is 0 Å². The molecule has 0 saturated carbocycles.